The standard InChI is InChI=1S/C11H23NO3S/c1-12(10-3-6-16-9-10)7-11(13)8-15-5-4-14-2/h10-11,13H,3-9H2,1-2H3. The number of aliphatic hydroxyl groups excluding tert-OH is 1. The molecule has 1 saturated heterocycles. The minimum Gasteiger partial charge on any atom is -0.389 e. The molecule has 1 fully saturated rings. The van der Waals surface area contributed by atoms with Crippen molar-refractivity contribution in [2.24, 2.45) is 0 Å². The van der Waals surface area contributed by atoms with Crippen molar-refractivity contribution >= 4 is 11.8 Å². The molecule has 1 heterocycles. The number of hydrogen-bond donors (Lipinski definition) is 1. The predicted octanol–water partition coefficient (Wildman–Crippen LogP) is 0.448. The van der Waals surface area contributed by atoms with E-state index in [1.165, 1.54) is 17.9 Å². The lowest BCUT2D eigenvalue weighted by Crippen LogP contribution is -2.39. The molecule has 0 bridgehead atoms. The second kappa shape index (κ2) is 8.31. The zero-order valence-corrected chi connectivity index (χ0v) is 11.0. The van der Waals surface area contributed by atoms with Crippen LogP contribution in [-0.4, -0.2) is 74.2 Å². The molecule has 1 N–H and O–H groups in total. The van der Waals surface area contributed by atoms with Gasteiger partial charge in [-0.25, -0.2) is 0 Å². The van der Waals surface area contributed by atoms with Crippen LogP contribution in [0, 0.1) is 0 Å². The molecule has 0 spiro atoms. The number of methoxy groups -OCH3 is 1. The van der Waals surface area contributed by atoms with E-state index < -0.39 is 6.10 Å². The van der Waals surface area contributed by atoms with Crippen molar-refractivity contribution in [1.82, 2.24) is 4.90 Å². The average molecular weight is 249 g/mol. The number of ether oxygens (including phenoxy) is 2. The van der Waals surface area contributed by atoms with Gasteiger partial charge >= 0.3 is 0 Å². The van der Waals surface area contributed by atoms with E-state index in [-0.39, 0.29) is 0 Å². The normalized spacial score (nSPS) is 22.9. The molecule has 0 aromatic rings. The Bertz CT molecular complexity index is 177. The van der Waals surface area contributed by atoms with E-state index >= 15 is 0 Å². The zero-order valence-electron chi connectivity index (χ0n) is 10.2. The van der Waals surface area contributed by atoms with Crippen molar-refractivity contribution in [3.63, 3.8) is 0 Å². The summed E-state index contributed by atoms with van der Waals surface area (Å²) >= 11 is 1.99. The van der Waals surface area contributed by atoms with E-state index in [2.05, 4.69) is 11.9 Å². The number of likely N-dealkylation sites (N-methyl/N-ethyl adjacent to an activating group) is 1. The summed E-state index contributed by atoms with van der Waals surface area (Å²) in [6.45, 7) is 2.23. The molecule has 0 aliphatic carbocycles. The Kier molecular flexibility index (Phi) is 7.40. The second-order valence-corrected chi connectivity index (χ2v) is 5.33. The van der Waals surface area contributed by atoms with Gasteiger partial charge in [0, 0.05) is 25.4 Å². The molecule has 2 atom stereocenters. The largest absolute Gasteiger partial charge is 0.389 e. The van der Waals surface area contributed by atoms with Crippen molar-refractivity contribution in [3.05, 3.63) is 0 Å². The number of nitrogens with zero attached hydrogens (tertiary/aromatic N) is 1. The first-order chi connectivity index (χ1) is 7.74. The minimum atomic E-state index is -0.396. The Morgan fingerprint density at radius 3 is 2.94 bits per heavy atom. The molecule has 2 unspecified atom stereocenters. The summed E-state index contributed by atoms with van der Waals surface area (Å²) in [6.07, 6.45) is 0.839. The maximum atomic E-state index is 9.76. The smallest absolute Gasteiger partial charge is 0.0900 e. The third kappa shape index (κ3) is 5.50. The molecule has 96 valence electrons. The van der Waals surface area contributed by atoms with Gasteiger partial charge in [-0.3, -0.25) is 4.90 Å². The third-order valence-corrected chi connectivity index (χ3v) is 3.91. The lowest BCUT2D eigenvalue weighted by Gasteiger charge is -2.25. The fraction of sp³-hybridized carbons (Fsp3) is 1.00. The Hall–Kier alpha value is 0.190. The average Bonchev–Trinajstić information content (AvgIpc) is 2.77. The van der Waals surface area contributed by atoms with Gasteiger partial charge < -0.3 is 14.6 Å². The SMILES string of the molecule is COCCOCC(O)CN(C)C1CCSC1. The number of aliphatic hydroxyl groups is 1. The van der Waals surface area contributed by atoms with Gasteiger partial charge in [0.1, 0.15) is 0 Å². The van der Waals surface area contributed by atoms with Gasteiger partial charge in [-0.05, 0) is 19.2 Å². The summed E-state index contributed by atoms with van der Waals surface area (Å²) < 4.78 is 10.2. The van der Waals surface area contributed by atoms with Gasteiger partial charge in [0.15, 0.2) is 0 Å². The van der Waals surface area contributed by atoms with Crippen LogP contribution in [0.5, 0.6) is 0 Å². The highest BCUT2D eigenvalue weighted by Crippen LogP contribution is 2.21. The van der Waals surface area contributed by atoms with Crippen LogP contribution >= 0.6 is 11.8 Å². The lowest BCUT2D eigenvalue weighted by atomic mass is 10.2. The number of rotatable bonds is 8. The first-order valence-corrected chi connectivity index (χ1v) is 6.92. The summed E-state index contributed by atoms with van der Waals surface area (Å²) in [6, 6.07) is 0.624. The van der Waals surface area contributed by atoms with Crippen molar-refractivity contribution in [2.75, 3.05) is 52.0 Å². The van der Waals surface area contributed by atoms with E-state index in [9.17, 15) is 5.11 Å². The molecule has 1 aliphatic heterocycles. The van der Waals surface area contributed by atoms with Crippen LogP contribution in [-0.2, 0) is 9.47 Å². The van der Waals surface area contributed by atoms with Crippen LogP contribution in [0.2, 0.25) is 0 Å². The molecule has 4 nitrogen and oxygen atoms in total. The minimum absolute atomic E-state index is 0.396. The third-order valence-electron chi connectivity index (χ3n) is 2.77. The first-order valence-electron chi connectivity index (χ1n) is 5.76. The van der Waals surface area contributed by atoms with Gasteiger partial charge in [0.2, 0.25) is 0 Å². The van der Waals surface area contributed by atoms with E-state index in [0.29, 0.717) is 32.4 Å². The monoisotopic (exact) mass is 249 g/mol. The molecular formula is C11H23NO3S. The van der Waals surface area contributed by atoms with E-state index in [4.69, 9.17) is 9.47 Å². The summed E-state index contributed by atoms with van der Waals surface area (Å²) in [5, 5.41) is 9.76. The Morgan fingerprint density at radius 1 is 1.50 bits per heavy atom. The number of hydrogen-bond acceptors (Lipinski definition) is 5. The van der Waals surface area contributed by atoms with Crippen LogP contribution < -0.4 is 0 Å². The fourth-order valence-corrected chi connectivity index (χ4v) is 3.06. The van der Waals surface area contributed by atoms with Crippen LogP contribution in [0.25, 0.3) is 0 Å². The second-order valence-electron chi connectivity index (χ2n) is 4.18. The zero-order chi connectivity index (χ0) is 11.8. The molecule has 1 rings (SSSR count). The molecular weight excluding hydrogens is 226 g/mol. The fourth-order valence-electron chi connectivity index (χ4n) is 1.77. The highest BCUT2D eigenvalue weighted by Gasteiger charge is 2.21. The summed E-state index contributed by atoms with van der Waals surface area (Å²) in [4.78, 5) is 2.24. The molecule has 0 radical (unpaired) electrons. The van der Waals surface area contributed by atoms with E-state index in [1.54, 1.807) is 7.11 Å². The highest BCUT2D eigenvalue weighted by molar-refractivity contribution is 7.99. The van der Waals surface area contributed by atoms with Crippen LogP contribution in [0.1, 0.15) is 6.42 Å². The molecule has 1 aliphatic rings. The van der Waals surface area contributed by atoms with Gasteiger partial charge in [0.05, 0.1) is 25.9 Å². The predicted molar refractivity (Wildman–Crippen MR) is 67.1 cm³/mol. The Labute approximate surface area is 102 Å². The molecule has 5 heteroatoms. The first kappa shape index (κ1) is 14.3. The van der Waals surface area contributed by atoms with Gasteiger partial charge in [-0.2, -0.15) is 11.8 Å². The van der Waals surface area contributed by atoms with Crippen LogP contribution in [0.3, 0.4) is 0 Å². The lowest BCUT2D eigenvalue weighted by molar-refractivity contribution is -0.00109. The van der Waals surface area contributed by atoms with E-state index in [1.807, 2.05) is 11.8 Å². The molecule has 16 heavy (non-hydrogen) atoms. The molecule has 0 aromatic carbocycles. The van der Waals surface area contributed by atoms with Crippen molar-refractivity contribution in [1.29, 1.82) is 0 Å². The molecule has 0 amide bonds. The Balaban J connectivity index is 2.05. The van der Waals surface area contributed by atoms with Crippen molar-refractivity contribution < 1.29 is 14.6 Å². The van der Waals surface area contributed by atoms with Crippen LogP contribution in [0.4, 0.5) is 0 Å². The van der Waals surface area contributed by atoms with Gasteiger partial charge in [0.25, 0.3) is 0 Å². The summed E-state index contributed by atoms with van der Waals surface area (Å²) in [5.41, 5.74) is 0. The quantitative estimate of drug-likeness (QED) is 0.633. The van der Waals surface area contributed by atoms with E-state index in [0.717, 1.165) is 0 Å². The molecule has 0 aromatic heterocycles. The topological polar surface area (TPSA) is 41.9 Å². The highest BCUT2D eigenvalue weighted by atomic mass is 32.2. The van der Waals surface area contributed by atoms with Crippen molar-refractivity contribution in [2.45, 2.75) is 18.6 Å². The maximum absolute atomic E-state index is 9.76. The molecule has 0 saturated carbocycles. The number of thioether (sulfide) groups is 1. The van der Waals surface area contributed by atoms with Gasteiger partial charge in [-0.1, -0.05) is 0 Å². The van der Waals surface area contributed by atoms with Crippen molar-refractivity contribution in [3.8, 4) is 0 Å². The van der Waals surface area contributed by atoms with Gasteiger partial charge in [-0.15, -0.1) is 0 Å². The Morgan fingerprint density at radius 2 is 2.31 bits per heavy atom. The summed E-state index contributed by atoms with van der Waals surface area (Å²) in [5.74, 6) is 2.43. The summed E-state index contributed by atoms with van der Waals surface area (Å²) in [7, 11) is 3.72. The maximum Gasteiger partial charge on any atom is 0.0900 e. The van der Waals surface area contributed by atoms with Crippen LogP contribution in [0.15, 0.2) is 0 Å².